The van der Waals surface area contributed by atoms with Crippen LogP contribution >= 0.6 is 11.3 Å². The second kappa shape index (κ2) is 7.69. The molecule has 0 aliphatic carbocycles. The average molecular weight is 394 g/mol. The molecule has 28 heavy (non-hydrogen) atoms. The topological polar surface area (TPSA) is 88.2 Å². The Labute approximate surface area is 165 Å². The van der Waals surface area contributed by atoms with Crippen LogP contribution in [-0.4, -0.2) is 35.1 Å². The summed E-state index contributed by atoms with van der Waals surface area (Å²) in [5.74, 6) is 0.620. The Balaban J connectivity index is 1.79. The predicted molar refractivity (Wildman–Crippen MR) is 109 cm³/mol. The molecule has 1 aromatic heterocycles. The highest BCUT2D eigenvalue weighted by Gasteiger charge is 2.17. The van der Waals surface area contributed by atoms with E-state index in [1.54, 1.807) is 29.1 Å². The van der Waals surface area contributed by atoms with E-state index >= 15 is 0 Å². The minimum atomic E-state index is -0.179. The van der Waals surface area contributed by atoms with E-state index in [1.165, 1.54) is 11.3 Å². The molecule has 0 atom stereocenters. The van der Waals surface area contributed by atoms with E-state index in [4.69, 9.17) is 4.74 Å². The number of hydrogen-bond donors (Lipinski definition) is 2. The van der Waals surface area contributed by atoms with Gasteiger partial charge in [-0.25, -0.2) is 4.68 Å². The lowest BCUT2D eigenvalue weighted by Gasteiger charge is -2.18. The van der Waals surface area contributed by atoms with Crippen molar-refractivity contribution < 1.29 is 14.6 Å². The summed E-state index contributed by atoms with van der Waals surface area (Å²) < 4.78 is 7.16. The number of aromatic nitrogens is 1. The highest BCUT2D eigenvalue weighted by Crippen LogP contribution is 2.32. The lowest BCUT2D eigenvalue weighted by Crippen LogP contribution is -2.25. The number of nitrogens with zero attached hydrogens (tertiary/aromatic N) is 3. The molecule has 1 aliphatic rings. The number of thiazole rings is 1. The fourth-order valence-electron chi connectivity index (χ4n) is 2.81. The molecule has 7 nitrogen and oxygen atoms in total. The molecule has 0 fully saturated rings. The number of amides is 1. The van der Waals surface area contributed by atoms with Crippen LogP contribution in [0.3, 0.4) is 0 Å². The largest absolute Gasteiger partial charge is 0.507 e. The molecular weight excluding hydrogens is 376 g/mol. The van der Waals surface area contributed by atoms with Crippen LogP contribution in [0.5, 0.6) is 11.5 Å². The van der Waals surface area contributed by atoms with Crippen molar-refractivity contribution in [2.75, 3.05) is 18.5 Å². The summed E-state index contributed by atoms with van der Waals surface area (Å²) in [5.41, 5.74) is 2.94. The van der Waals surface area contributed by atoms with E-state index in [2.05, 4.69) is 15.4 Å². The van der Waals surface area contributed by atoms with Crippen molar-refractivity contribution >= 4 is 29.1 Å². The van der Waals surface area contributed by atoms with E-state index in [1.807, 2.05) is 36.6 Å². The molecule has 3 aromatic rings. The summed E-state index contributed by atoms with van der Waals surface area (Å²) in [5, 5.41) is 19.3. The Morgan fingerprint density at radius 3 is 3.00 bits per heavy atom. The molecule has 4 rings (SSSR count). The molecule has 2 aromatic carbocycles. The average Bonchev–Trinajstić information content (AvgIpc) is 3.09. The SMILES string of the molecule is CCN=c1scc(-c2ccc3c(c2)NC(=O)CO3)n1N=Cc1ccccc1O. The summed E-state index contributed by atoms with van der Waals surface area (Å²) in [7, 11) is 0. The van der Waals surface area contributed by atoms with Gasteiger partial charge < -0.3 is 15.2 Å². The number of phenols is 1. The molecule has 1 amide bonds. The molecule has 0 bridgehead atoms. The van der Waals surface area contributed by atoms with Gasteiger partial charge in [0, 0.05) is 23.1 Å². The highest BCUT2D eigenvalue weighted by atomic mass is 32.1. The molecule has 0 saturated heterocycles. The number of fused-ring (bicyclic) bond motifs is 1. The van der Waals surface area contributed by atoms with Gasteiger partial charge in [-0.1, -0.05) is 12.1 Å². The number of carbonyl (C=O) groups excluding carboxylic acids is 1. The van der Waals surface area contributed by atoms with Gasteiger partial charge in [0.1, 0.15) is 11.5 Å². The minimum absolute atomic E-state index is 0.0230. The van der Waals surface area contributed by atoms with Gasteiger partial charge >= 0.3 is 0 Å². The van der Waals surface area contributed by atoms with Crippen molar-refractivity contribution in [1.29, 1.82) is 0 Å². The third-order valence-electron chi connectivity index (χ3n) is 4.14. The quantitative estimate of drug-likeness (QED) is 0.667. The molecule has 1 aliphatic heterocycles. The van der Waals surface area contributed by atoms with Crippen LogP contribution < -0.4 is 14.9 Å². The Hall–Kier alpha value is -3.39. The van der Waals surface area contributed by atoms with E-state index in [9.17, 15) is 9.90 Å². The molecule has 0 radical (unpaired) electrons. The number of carbonyl (C=O) groups is 1. The summed E-state index contributed by atoms with van der Waals surface area (Å²) in [6, 6.07) is 12.6. The van der Waals surface area contributed by atoms with Gasteiger partial charge in [-0.2, -0.15) is 5.10 Å². The number of anilines is 1. The fraction of sp³-hybridized carbons (Fsp3) is 0.150. The maximum absolute atomic E-state index is 11.6. The van der Waals surface area contributed by atoms with Crippen molar-refractivity contribution in [2.45, 2.75) is 6.92 Å². The third-order valence-corrected chi connectivity index (χ3v) is 4.99. The first-order valence-corrected chi connectivity index (χ1v) is 9.64. The molecule has 0 spiro atoms. The maximum atomic E-state index is 11.6. The minimum Gasteiger partial charge on any atom is -0.507 e. The third kappa shape index (κ3) is 3.54. The summed E-state index contributed by atoms with van der Waals surface area (Å²) in [4.78, 5) is 16.9. The Kier molecular flexibility index (Phi) is 4.94. The Bertz CT molecular complexity index is 1130. The van der Waals surface area contributed by atoms with Crippen molar-refractivity contribution in [2.24, 2.45) is 10.1 Å². The Morgan fingerprint density at radius 2 is 2.18 bits per heavy atom. The van der Waals surface area contributed by atoms with Gasteiger partial charge in [0.15, 0.2) is 6.61 Å². The standard InChI is InChI=1S/C20H18N4O3S/c1-2-21-20-24(22-10-14-5-3-4-6-17(14)25)16(12-28-20)13-7-8-18-15(9-13)23-19(26)11-27-18/h3-10,12,25H,2,11H2,1H3,(H,23,26). The van der Waals surface area contributed by atoms with Crippen LogP contribution in [0, 0.1) is 0 Å². The van der Waals surface area contributed by atoms with Crippen molar-refractivity contribution in [3.8, 4) is 22.8 Å². The van der Waals surface area contributed by atoms with Crippen LogP contribution in [0.25, 0.3) is 11.3 Å². The van der Waals surface area contributed by atoms with Crippen LogP contribution in [0.4, 0.5) is 5.69 Å². The molecule has 0 saturated carbocycles. The second-order valence-electron chi connectivity index (χ2n) is 6.04. The normalized spacial score (nSPS) is 14.0. The van der Waals surface area contributed by atoms with E-state index in [0.29, 0.717) is 23.5 Å². The van der Waals surface area contributed by atoms with Crippen molar-refractivity contribution in [1.82, 2.24) is 4.68 Å². The number of hydrogen-bond acceptors (Lipinski definition) is 6. The van der Waals surface area contributed by atoms with Gasteiger partial charge in [0.25, 0.3) is 5.91 Å². The first kappa shape index (κ1) is 18.0. The predicted octanol–water partition coefficient (Wildman–Crippen LogP) is 3.06. The van der Waals surface area contributed by atoms with Gasteiger partial charge in [-0.15, -0.1) is 11.3 Å². The zero-order valence-electron chi connectivity index (χ0n) is 15.1. The molecule has 142 valence electrons. The number of phenolic OH excluding ortho intramolecular Hbond substituents is 1. The number of aromatic hydroxyl groups is 1. The molecule has 0 unspecified atom stereocenters. The lowest BCUT2D eigenvalue weighted by molar-refractivity contribution is -0.118. The fourth-order valence-corrected chi connectivity index (χ4v) is 3.71. The van der Waals surface area contributed by atoms with Gasteiger partial charge in [-0.05, 0) is 37.3 Å². The van der Waals surface area contributed by atoms with Gasteiger partial charge in [-0.3, -0.25) is 9.79 Å². The number of rotatable bonds is 4. The number of nitrogens with one attached hydrogen (secondary N) is 1. The lowest BCUT2D eigenvalue weighted by atomic mass is 10.1. The number of ether oxygens (including phenoxy) is 1. The number of para-hydroxylation sites is 1. The zero-order chi connectivity index (χ0) is 19.5. The monoisotopic (exact) mass is 394 g/mol. The van der Waals surface area contributed by atoms with Crippen LogP contribution in [-0.2, 0) is 4.79 Å². The second-order valence-corrected chi connectivity index (χ2v) is 6.88. The maximum Gasteiger partial charge on any atom is 0.262 e. The summed E-state index contributed by atoms with van der Waals surface area (Å²) in [6.07, 6.45) is 1.60. The van der Waals surface area contributed by atoms with Gasteiger partial charge in [0.2, 0.25) is 4.80 Å². The smallest absolute Gasteiger partial charge is 0.262 e. The summed E-state index contributed by atoms with van der Waals surface area (Å²) in [6.45, 7) is 2.61. The molecule has 2 N–H and O–H groups in total. The molecular formula is C20H18N4O3S. The van der Waals surface area contributed by atoms with Crippen LogP contribution in [0.1, 0.15) is 12.5 Å². The first-order valence-electron chi connectivity index (χ1n) is 8.76. The Morgan fingerprint density at radius 1 is 1.32 bits per heavy atom. The zero-order valence-corrected chi connectivity index (χ0v) is 15.9. The summed E-state index contributed by atoms with van der Waals surface area (Å²) >= 11 is 1.47. The van der Waals surface area contributed by atoms with E-state index in [-0.39, 0.29) is 18.3 Å². The van der Waals surface area contributed by atoms with Crippen LogP contribution in [0.15, 0.2) is 57.9 Å². The molecule has 2 heterocycles. The first-order chi connectivity index (χ1) is 13.7. The van der Waals surface area contributed by atoms with Crippen LogP contribution in [0.2, 0.25) is 0 Å². The van der Waals surface area contributed by atoms with Gasteiger partial charge in [0.05, 0.1) is 17.6 Å². The van der Waals surface area contributed by atoms with E-state index in [0.717, 1.165) is 16.1 Å². The number of benzene rings is 2. The van der Waals surface area contributed by atoms with Crippen molar-refractivity contribution in [3.63, 3.8) is 0 Å². The van der Waals surface area contributed by atoms with E-state index < -0.39 is 0 Å². The highest BCUT2D eigenvalue weighted by molar-refractivity contribution is 7.07. The molecule has 8 heteroatoms. The van der Waals surface area contributed by atoms with Crippen molar-refractivity contribution in [3.05, 3.63) is 58.2 Å².